The van der Waals surface area contributed by atoms with Crippen molar-refractivity contribution in [2.24, 2.45) is 5.73 Å². The molecule has 0 aromatic carbocycles. The lowest BCUT2D eigenvalue weighted by atomic mass is 10.0. The number of amides is 1. The number of hydrogen-bond acceptors (Lipinski definition) is 3. The second kappa shape index (κ2) is 4.94. The molecule has 0 atom stereocenters. The van der Waals surface area contributed by atoms with Crippen molar-refractivity contribution in [3.63, 3.8) is 0 Å². The Morgan fingerprint density at radius 3 is 2.94 bits per heavy atom. The summed E-state index contributed by atoms with van der Waals surface area (Å²) in [5.41, 5.74) is 5.90. The Kier molecular flexibility index (Phi) is 3.84. The smallest absolute Gasteiger partial charge is 0.219 e. The summed E-state index contributed by atoms with van der Waals surface area (Å²) in [5.74, 6) is -0.306. The summed E-state index contributed by atoms with van der Waals surface area (Å²) >= 11 is 0. The highest BCUT2D eigenvalue weighted by Gasteiger charge is 2.19. The van der Waals surface area contributed by atoms with Crippen LogP contribution in [0.1, 0.15) is 25.8 Å². The Bertz CT molecular complexity index is 381. The Labute approximate surface area is 95.3 Å². The van der Waals surface area contributed by atoms with Gasteiger partial charge in [0.2, 0.25) is 5.91 Å². The van der Waals surface area contributed by atoms with E-state index in [0.717, 1.165) is 5.56 Å². The average molecular weight is 222 g/mol. The van der Waals surface area contributed by atoms with E-state index in [1.54, 1.807) is 17.1 Å². The quantitative estimate of drug-likeness (QED) is 0.745. The molecule has 0 saturated carbocycles. The number of carbonyl (C=O) groups excluding carboxylic acids is 1. The monoisotopic (exact) mass is 222 g/mol. The molecule has 0 unspecified atom stereocenters. The summed E-state index contributed by atoms with van der Waals surface area (Å²) in [4.78, 5) is 10.8. The molecular formula is C11H18N4O. The van der Waals surface area contributed by atoms with Crippen LogP contribution in [0.4, 0.5) is 0 Å². The minimum Gasteiger partial charge on any atom is -0.370 e. The molecule has 3 N–H and O–H groups in total. The molecule has 88 valence electrons. The third-order valence-corrected chi connectivity index (χ3v) is 2.23. The molecule has 1 rings (SSSR count). The van der Waals surface area contributed by atoms with Gasteiger partial charge >= 0.3 is 0 Å². The van der Waals surface area contributed by atoms with Gasteiger partial charge in [0.15, 0.2) is 0 Å². The lowest BCUT2D eigenvalue weighted by Crippen LogP contribution is -2.42. The Morgan fingerprint density at radius 1 is 1.75 bits per heavy atom. The van der Waals surface area contributed by atoms with Crippen LogP contribution >= 0.6 is 0 Å². The van der Waals surface area contributed by atoms with E-state index in [-0.39, 0.29) is 11.4 Å². The van der Waals surface area contributed by atoms with Gasteiger partial charge in [-0.3, -0.25) is 4.79 Å². The molecule has 1 heterocycles. The van der Waals surface area contributed by atoms with Crippen LogP contribution in [0.15, 0.2) is 19.0 Å². The fraction of sp³-hybridized carbons (Fsp3) is 0.455. The number of aromatic nitrogens is 2. The van der Waals surface area contributed by atoms with Crippen LogP contribution in [0.25, 0.3) is 6.20 Å². The van der Waals surface area contributed by atoms with Crippen molar-refractivity contribution in [3.05, 3.63) is 24.5 Å². The minimum atomic E-state index is -0.306. The topological polar surface area (TPSA) is 72.9 Å². The minimum absolute atomic E-state index is 0.303. The number of nitrogens with one attached hydrogen (secondary N) is 1. The van der Waals surface area contributed by atoms with Crippen LogP contribution in [0, 0.1) is 0 Å². The standard InChI is InChI=1S/C11H18N4O/c1-4-15-8-9(7-14-15)6-13-11(2,3)5-10(12)16/h4,7-8,13H,1,5-6H2,2-3H3,(H2,12,16). The lowest BCUT2D eigenvalue weighted by molar-refractivity contribution is -0.119. The lowest BCUT2D eigenvalue weighted by Gasteiger charge is -2.24. The van der Waals surface area contributed by atoms with E-state index in [2.05, 4.69) is 17.0 Å². The first-order valence-corrected chi connectivity index (χ1v) is 5.12. The normalized spacial score (nSPS) is 11.4. The number of hydrogen-bond donors (Lipinski definition) is 2. The van der Waals surface area contributed by atoms with E-state index in [4.69, 9.17) is 5.73 Å². The van der Waals surface area contributed by atoms with Crippen LogP contribution in [-0.4, -0.2) is 21.2 Å². The molecule has 0 aliphatic carbocycles. The molecule has 0 saturated heterocycles. The largest absolute Gasteiger partial charge is 0.370 e. The first kappa shape index (κ1) is 12.4. The van der Waals surface area contributed by atoms with Gasteiger partial charge in [-0.1, -0.05) is 6.58 Å². The number of nitrogens with two attached hydrogens (primary N) is 1. The molecule has 0 fully saturated rings. The first-order valence-electron chi connectivity index (χ1n) is 5.12. The summed E-state index contributed by atoms with van der Waals surface area (Å²) in [5, 5.41) is 7.32. The van der Waals surface area contributed by atoms with Gasteiger partial charge in [0, 0.05) is 36.5 Å². The number of rotatable bonds is 6. The molecular weight excluding hydrogens is 204 g/mol. The molecule has 1 aromatic rings. The predicted molar refractivity (Wildman–Crippen MR) is 63.3 cm³/mol. The van der Waals surface area contributed by atoms with Crippen molar-refractivity contribution in [2.45, 2.75) is 32.4 Å². The second-order valence-electron chi connectivity index (χ2n) is 4.39. The molecule has 0 spiro atoms. The molecule has 1 aromatic heterocycles. The van der Waals surface area contributed by atoms with Gasteiger partial charge in [-0.25, -0.2) is 4.68 Å². The maximum Gasteiger partial charge on any atom is 0.219 e. The maximum absolute atomic E-state index is 10.8. The van der Waals surface area contributed by atoms with Crippen LogP contribution in [0.2, 0.25) is 0 Å². The van der Waals surface area contributed by atoms with Crippen molar-refractivity contribution in [3.8, 4) is 0 Å². The number of nitrogens with zero attached hydrogens (tertiary/aromatic N) is 2. The van der Waals surface area contributed by atoms with E-state index >= 15 is 0 Å². The Balaban J connectivity index is 2.50. The van der Waals surface area contributed by atoms with Gasteiger partial charge in [0.05, 0.1) is 6.20 Å². The third kappa shape index (κ3) is 3.86. The van der Waals surface area contributed by atoms with Crippen molar-refractivity contribution in [1.29, 1.82) is 0 Å². The van der Waals surface area contributed by atoms with Crippen LogP contribution in [0.3, 0.4) is 0 Å². The highest BCUT2D eigenvalue weighted by atomic mass is 16.1. The van der Waals surface area contributed by atoms with E-state index in [0.29, 0.717) is 13.0 Å². The molecule has 1 amide bonds. The van der Waals surface area contributed by atoms with E-state index in [1.165, 1.54) is 0 Å². The van der Waals surface area contributed by atoms with Gasteiger partial charge in [-0.05, 0) is 13.8 Å². The maximum atomic E-state index is 10.8. The van der Waals surface area contributed by atoms with Crippen LogP contribution in [-0.2, 0) is 11.3 Å². The van der Waals surface area contributed by atoms with Gasteiger partial charge < -0.3 is 11.1 Å². The zero-order valence-electron chi connectivity index (χ0n) is 9.73. The first-order chi connectivity index (χ1) is 7.43. The van der Waals surface area contributed by atoms with Crippen molar-refractivity contribution < 1.29 is 4.79 Å². The SMILES string of the molecule is C=Cn1cc(CNC(C)(C)CC(N)=O)cn1. The van der Waals surface area contributed by atoms with Crippen molar-refractivity contribution >= 4 is 12.1 Å². The number of primary amides is 1. The number of carbonyl (C=O) groups is 1. The summed E-state index contributed by atoms with van der Waals surface area (Å²) in [7, 11) is 0. The van der Waals surface area contributed by atoms with E-state index in [9.17, 15) is 4.79 Å². The van der Waals surface area contributed by atoms with Crippen LogP contribution < -0.4 is 11.1 Å². The summed E-state index contributed by atoms with van der Waals surface area (Å²) in [6.45, 7) is 8.14. The summed E-state index contributed by atoms with van der Waals surface area (Å²) in [6.07, 6.45) is 5.57. The van der Waals surface area contributed by atoms with Crippen molar-refractivity contribution in [1.82, 2.24) is 15.1 Å². The average Bonchev–Trinajstić information content (AvgIpc) is 2.60. The van der Waals surface area contributed by atoms with Crippen molar-refractivity contribution in [2.75, 3.05) is 0 Å². The highest BCUT2D eigenvalue weighted by molar-refractivity contribution is 5.74. The zero-order valence-corrected chi connectivity index (χ0v) is 9.73. The van der Waals surface area contributed by atoms with Gasteiger partial charge in [0.25, 0.3) is 0 Å². The van der Waals surface area contributed by atoms with Gasteiger partial charge in [0.1, 0.15) is 0 Å². The second-order valence-corrected chi connectivity index (χ2v) is 4.39. The molecule has 5 nitrogen and oxygen atoms in total. The molecule has 16 heavy (non-hydrogen) atoms. The van der Waals surface area contributed by atoms with Crippen LogP contribution in [0.5, 0.6) is 0 Å². The summed E-state index contributed by atoms with van der Waals surface area (Å²) in [6, 6.07) is 0. The molecule has 5 heteroatoms. The summed E-state index contributed by atoms with van der Waals surface area (Å²) < 4.78 is 1.64. The fourth-order valence-corrected chi connectivity index (χ4v) is 1.41. The zero-order chi connectivity index (χ0) is 12.2. The van der Waals surface area contributed by atoms with Gasteiger partial charge in [-0.2, -0.15) is 5.10 Å². The van der Waals surface area contributed by atoms with Gasteiger partial charge in [-0.15, -0.1) is 0 Å². The predicted octanol–water partition coefficient (Wildman–Crippen LogP) is 0.727. The fourth-order valence-electron chi connectivity index (χ4n) is 1.41. The highest BCUT2D eigenvalue weighted by Crippen LogP contribution is 2.09. The molecule has 0 radical (unpaired) electrons. The molecule has 0 aliphatic rings. The Hall–Kier alpha value is -1.62. The molecule has 0 bridgehead atoms. The van der Waals surface area contributed by atoms with E-state index in [1.807, 2.05) is 20.0 Å². The van der Waals surface area contributed by atoms with E-state index < -0.39 is 0 Å². The molecule has 0 aliphatic heterocycles. The third-order valence-electron chi connectivity index (χ3n) is 2.23. The Morgan fingerprint density at radius 2 is 2.44 bits per heavy atom.